The number of amides is 3. The molecule has 0 saturated carbocycles. The van der Waals surface area contributed by atoms with E-state index in [0.29, 0.717) is 30.4 Å². The van der Waals surface area contributed by atoms with Crippen LogP contribution in [0.3, 0.4) is 0 Å². The van der Waals surface area contributed by atoms with E-state index >= 15 is 0 Å². The second kappa shape index (κ2) is 9.43. The molecule has 0 aliphatic carbocycles. The molecule has 0 spiro atoms. The van der Waals surface area contributed by atoms with Crippen LogP contribution in [0.5, 0.6) is 11.5 Å². The quantitative estimate of drug-likeness (QED) is 0.718. The number of rotatable bonds is 6. The van der Waals surface area contributed by atoms with Crippen molar-refractivity contribution in [2.45, 2.75) is 13.3 Å². The zero-order valence-electron chi connectivity index (χ0n) is 18.0. The van der Waals surface area contributed by atoms with E-state index in [0.717, 1.165) is 12.1 Å². The number of carbonyl (C=O) groups is 3. The standard InChI is InChI=1S/C23H23F2N3O5/c1-2-27(13-20(29)26-22-16(24)4-3-5-17(22)25)23(31)14-10-21(30)28(12-14)15-6-7-18-19(11-15)33-9-8-32-18/h3-7,11,14H,2,8-10,12-13H2,1H3,(H,26,29)/t14-/m1/s1. The van der Waals surface area contributed by atoms with Crippen LogP contribution < -0.4 is 19.7 Å². The largest absolute Gasteiger partial charge is 0.486 e. The van der Waals surface area contributed by atoms with Crippen LogP contribution in [0, 0.1) is 17.6 Å². The summed E-state index contributed by atoms with van der Waals surface area (Å²) in [4.78, 5) is 40.8. The normalized spacial score (nSPS) is 17.1. The lowest BCUT2D eigenvalue weighted by Gasteiger charge is -2.24. The van der Waals surface area contributed by atoms with Gasteiger partial charge in [-0.15, -0.1) is 0 Å². The number of nitrogens with one attached hydrogen (secondary N) is 1. The molecule has 0 radical (unpaired) electrons. The second-order valence-electron chi connectivity index (χ2n) is 7.73. The molecule has 2 aromatic carbocycles. The van der Waals surface area contributed by atoms with Gasteiger partial charge in [0.25, 0.3) is 0 Å². The van der Waals surface area contributed by atoms with E-state index in [1.165, 1.54) is 15.9 Å². The minimum absolute atomic E-state index is 0.00661. The summed E-state index contributed by atoms with van der Waals surface area (Å²) in [5.74, 6) is -2.67. The molecule has 0 bridgehead atoms. The van der Waals surface area contributed by atoms with Gasteiger partial charge in [-0.25, -0.2) is 8.78 Å². The number of hydrogen-bond acceptors (Lipinski definition) is 5. The number of para-hydroxylation sites is 1. The number of nitrogens with zero attached hydrogens (tertiary/aromatic N) is 2. The van der Waals surface area contributed by atoms with E-state index in [-0.39, 0.29) is 31.3 Å². The molecule has 1 atom stereocenters. The first-order valence-electron chi connectivity index (χ1n) is 10.6. The lowest BCUT2D eigenvalue weighted by molar-refractivity contribution is -0.138. The zero-order valence-corrected chi connectivity index (χ0v) is 18.0. The number of anilines is 2. The van der Waals surface area contributed by atoms with Gasteiger partial charge in [-0.05, 0) is 31.2 Å². The van der Waals surface area contributed by atoms with Crippen molar-refractivity contribution in [3.63, 3.8) is 0 Å². The van der Waals surface area contributed by atoms with Gasteiger partial charge in [0.15, 0.2) is 11.5 Å². The Balaban J connectivity index is 1.41. The fourth-order valence-corrected chi connectivity index (χ4v) is 3.90. The average molecular weight is 459 g/mol. The fraction of sp³-hybridized carbons (Fsp3) is 0.348. The summed E-state index contributed by atoms with van der Waals surface area (Å²) in [6.45, 7) is 2.51. The SMILES string of the molecule is CCN(CC(=O)Nc1c(F)cccc1F)C(=O)[C@@H]1CC(=O)N(c2ccc3c(c2)OCCO3)C1. The molecular weight excluding hydrogens is 436 g/mol. The highest BCUT2D eigenvalue weighted by Crippen LogP contribution is 2.36. The minimum Gasteiger partial charge on any atom is -0.486 e. The molecule has 0 aromatic heterocycles. The Morgan fingerprint density at radius 3 is 2.52 bits per heavy atom. The molecular formula is C23H23F2N3O5. The average Bonchev–Trinajstić information content (AvgIpc) is 3.20. The predicted octanol–water partition coefficient (Wildman–Crippen LogP) is 2.58. The molecule has 2 aliphatic heterocycles. The van der Waals surface area contributed by atoms with Crippen LogP contribution in [0.15, 0.2) is 36.4 Å². The molecule has 174 valence electrons. The van der Waals surface area contributed by atoms with Crippen molar-refractivity contribution < 1.29 is 32.6 Å². The van der Waals surface area contributed by atoms with Crippen LogP contribution in [0.2, 0.25) is 0 Å². The van der Waals surface area contributed by atoms with Gasteiger partial charge >= 0.3 is 0 Å². The van der Waals surface area contributed by atoms with Gasteiger partial charge in [-0.2, -0.15) is 0 Å². The van der Waals surface area contributed by atoms with E-state index in [2.05, 4.69) is 5.32 Å². The number of carbonyl (C=O) groups excluding carboxylic acids is 3. The van der Waals surface area contributed by atoms with Crippen molar-refractivity contribution in [2.75, 3.05) is 43.1 Å². The van der Waals surface area contributed by atoms with Gasteiger partial charge in [-0.3, -0.25) is 14.4 Å². The van der Waals surface area contributed by atoms with Crippen molar-refractivity contribution in [3.8, 4) is 11.5 Å². The summed E-state index contributed by atoms with van der Waals surface area (Å²) in [6, 6.07) is 8.39. The third-order valence-electron chi connectivity index (χ3n) is 5.57. The smallest absolute Gasteiger partial charge is 0.244 e. The molecule has 2 aromatic rings. The number of halogens is 2. The summed E-state index contributed by atoms with van der Waals surface area (Å²) < 4.78 is 38.6. The number of ether oxygens (including phenoxy) is 2. The number of likely N-dealkylation sites (N-methyl/N-ethyl adjacent to an activating group) is 1. The molecule has 0 unspecified atom stereocenters. The molecule has 33 heavy (non-hydrogen) atoms. The van der Waals surface area contributed by atoms with Crippen LogP contribution in [-0.4, -0.2) is 55.5 Å². The highest BCUT2D eigenvalue weighted by molar-refractivity contribution is 6.01. The molecule has 4 rings (SSSR count). The monoisotopic (exact) mass is 459 g/mol. The van der Waals surface area contributed by atoms with Crippen molar-refractivity contribution >= 4 is 29.1 Å². The Bertz CT molecular complexity index is 1070. The van der Waals surface area contributed by atoms with Crippen LogP contribution in [0.25, 0.3) is 0 Å². The predicted molar refractivity (Wildman–Crippen MR) is 115 cm³/mol. The number of fused-ring (bicyclic) bond motifs is 1. The summed E-state index contributed by atoms with van der Waals surface area (Å²) in [5, 5.41) is 2.18. The highest BCUT2D eigenvalue weighted by atomic mass is 19.1. The number of benzene rings is 2. The van der Waals surface area contributed by atoms with Crippen molar-refractivity contribution in [2.24, 2.45) is 5.92 Å². The van der Waals surface area contributed by atoms with Crippen LogP contribution >= 0.6 is 0 Å². The van der Waals surface area contributed by atoms with E-state index in [1.54, 1.807) is 25.1 Å². The van der Waals surface area contributed by atoms with Gasteiger partial charge in [0.1, 0.15) is 30.5 Å². The van der Waals surface area contributed by atoms with Crippen LogP contribution in [-0.2, 0) is 14.4 Å². The maximum Gasteiger partial charge on any atom is 0.244 e. The number of hydrogen-bond donors (Lipinski definition) is 1. The summed E-state index contributed by atoms with van der Waals surface area (Å²) >= 11 is 0. The molecule has 10 heteroatoms. The maximum atomic E-state index is 13.8. The Labute approximate surface area is 189 Å². The van der Waals surface area contributed by atoms with Gasteiger partial charge < -0.3 is 24.6 Å². The summed E-state index contributed by atoms with van der Waals surface area (Å²) in [6.07, 6.45) is -0.00661. The van der Waals surface area contributed by atoms with E-state index in [9.17, 15) is 23.2 Å². The van der Waals surface area contributed by atoms with Gasteiger partial charge in [0.05, 0.1) is 12.5 Å². The first-order valence-corrected chi connectivity index (χ1v) is 10.6. The van der Waals surface area contributed by atoms with E-state index < -0.39 is 35.7 Å². The second-order valence-corrected chi connectivity index (χ2v) is 7.73. The van der Waals surface area contributed by atoms with E-state index in [4.69, 9.17) is 9.47 Å². The molecule has 2 aliphatic rings. The third kappa shape index (κ3) is 4.74. The Morgan fingerprint density at radius 1 is 1.12 bits per heavy atom. The summed E-state index contributed by atoms with van der Waals surface area (Å²) in [7, 11) is 0. The summed E-state index contributed by atoms with van der Waals surface area (Å²) in [5.41, 5.74) is 0.0298. The fourth-order valence-electron chi connectivity index (χ4n) is 3.90. The Kier molecular flexibility index (Phi) is 6.43. The molecule has 1 saturated heterocycles. The molecule has 1 N–H and O–H groups in total. The van der Waals surface area contributed by atoms with Crippen molar-refractivity contribution in [1.29, 1.82) is 0 Å². The highest BCUT2D eigenvalue weighted by Gasteiger charge is 2.37. The van der Waals surface area contributed by atoms with Crippen molar-refractivity contribution in [3.05, 3.63) is 48.0 Å². The lowest BCUT2D eigenvalue weighted by atomic mass is 10.1. The van der Waals surface area contributed by atoms with E-state index in [1.807, 2.05) is 0 Å². The molecule has 3 amide bonds. The lowest BCUT2D eigenvalue weighted by Crippen LogP contribution is -2.42. The molecule has 8 nitrogen and oxygen atoms in total. The Morgan fingerprint density at radius 2 is 1.82 bits per heavy atom. The first-order chi connectivity index (χ1) is 15.9. The molecule has 2 heterocycles. The van der Waals surface area contributed by atoms with Gasteiger partial charge in [0, 0.05) is 31.3 Å². The van der Waals surface area contributed by atoms with Gasteiger partial charge in [-0.1, -0.05) is 6.07 Å². The Hall–Kier alpha value is -3.69. The van der Waals surface area contributed by atoms with Gasteiger partial charge in [0.2, 0.25) is 17.7 Å². The third-order valence-corrected chi connectivity index (χ3v) is 5.57. The minimum atomic E-state index is -0.908. The van der Waals surface area contributed by atoms with Crippen LogP contribution in [0.4, 0.5) is 20.2 Å². The van der Waals surface area contributed by atoms with Crippen molar-refractivity contribution in [1.82, 2.24) is 4.90 Å². The maximum absolute atomic E-state index is 13.8. The topological polar surface area (TPSA) is 88.2 Å². The zero-order chi connectivity index (χ0) is 23.5. The first kappa shape index (κ1) is 22.5. The molecule has 1 fully saturated rings. The van der Waals surface area contributed by atoms with Crippen LogP contribution in [0.1, 0.15) is 13.3 Å².